The van der Waals surface area contributed by atoms with Gasteiger partial charge in [-0.25, -0.2) is 0 Å². The first-order valence-corrected chi connectivity index (χ1v) is 3.57. The average molecular weight is 167 g/mol. The molecule has 0 spiro atoms. The Balaban J connectivity index is 3.05. The molecule has 1 atom stereocenters. The van der Waals surface area contributed by atoms with Gasteiger partial charge in [-0.1, -0.05) is 0 Å². The first-order chi connectivity index (χ1) is 5.54. The quantitative estimate of drug-likeness (QED) is 0.434. The molecule has 1 aliphatic rings. The van der Waals surface area contributed by atoms with Crippen LogP contribution >= 0.6 is 0 Å². The van der Waals surface area contributed by atoms with Crippen LogP contribution < -0.4 is 0 Å². The summed E-state index contributed by atoms with van der Waals surface area (Å²) in [6, 6.07) is -0.817. The number of nitro groups is 1. The third-order valence-corrected chi connectivity index (χ3v) is 2.06. The molecule has 0 saturated carbocycles. The SMILES string of the molecule is CC1=C(C)C([N+](=O)[O-])C=CC1=O. The molecule has 12 heavy (non-hydrogen) atoms. The van der Waals surface area contributed by atoms with Crippen molar-refractivity contribution in [2.24, 2.45) is 0 Å². The second kappa shape index (κ2) is 2.89. The minimum Gasteiger partial charge on any atom is -0.290 e. The molecule has 0 aliphatic heterocycles. The van der Waals surface area contributed by atoms with E-state index in [0.717, 1.165) is 0 Å². The molecule has 1 aliphatic carbocycles. The van der Waals surface area contributed by atoms with E-state index in [1.165, 1.54) is 12.2 Å². The van der Waals surface area contributed by atoms with Gasteiger partial charge in [0.1, 0.15) is 0 Å². The van der Waals surface area contributed by atoms with Gasteiger partial charge in [-0.3, -0.25) is 14.9 Å². The van der Waals surface area contributed by atoms with E-state index in [2.05, 4.69) is 0 Å². The summed E-state index contributed by atoms with van der Waals surface area (Å²) in [4.78, 5) is 21.0. The molecule has 0 N–H and O–H groups in total. The van der Waals surface area contributed by atoms with Crippen LogP contribution in [0.15, 0.2) is 23.3 Å². The minimum absolute atomic E-state index is 0.134. The van der Waals surface area contributed by atoms with Gasteiger partial charge in [-0.2, -0.15) is 0 Å². The summed E-state index contributed by atoms with van der Waals surface area (Å²) >= 11 is 0. The van der Waals surface area contributed by atoms with Gasteiger partial charge in [-0.05, 0) is 26.0 Å². The van der Waals surface area contributed by atoms with E-state index in [0.29, 0.717) is 11.1 Å². The lowest BCUT2D eigenvalue weighted by Gasteiger charge is -2.11. The van der Waals surface area contributed by atoms with E-state index in [1.54, 1.807) is 13.8 Å². The molecule has 4 heteroatoms. The second-order valence-corrected chi connectivity index (χ2v) is 2.76. The van der Waals surface area contributed by atoms with Gasteiger partial charge in [0.15, 0.2) is 5.78 Å². The van der Waals surface area contributed by atoms with Crippen LogP contribution in [-0.4, -0.2) is 16.7 Å². The Labute approximate surface area is 69.7 Å². The number of carbonyl (C=O) groups excluding carboxylic acids is 1. The van der Waals surface area contributed by atoms with E-state index >= 15 is 0 Å². The molecule has 64 valence electrons. The Hall–Kier alpha value is -1.45. The Morgan fingerprint density at radius 1 is 1.50 bits per heavy atom. The van der Waals surface area contributed by atoms with E-state index < -0.39 is 11.0 Å². The minimum atomic E-state index is -0.817. The Morgan fingerprint density at radius 3 is 2.58 bits per heavy atom. The van der Waals surface area contributed by atoms with E-state index in [1.807, 2.05) is 0 Å². The summed E-state index contributed by atoms with van der Waals surface area (Å²) in [7, 11) is 0. The predicted molar refractivity (Wildman–Crippen MR) is 43.3 cm³/mol. The number of rotatable bonds is 1. The molecule has 0 aromatic rings. The van der Waals surface area contributed by atoms with Gasteiger partial charge in [0.2, 0.25) is 0 Å². The fraction of sp³-hybridized carbons (Fsp3) is 0.375. The summed E-state index contributed by atoms with van der Waals surface area (Å²) in [5.41, 5.74) is 1.02. The topological polar surface area (TPSA) is 60.2 Å². The Bertz CT molecular complexity index is 301. The Kier molecular flexibility index (Phi) is 2.08. The third-order valence-electron chi connectivity index (χ3n) is 2.06. The summed E-state index contributed by atoms with van der Waals surface area (Å²) in [6.07, 6.45) is 2.58. The van der Waals surface area contributed by atoms with Gasteiger partial charge in [0, 0.05) is 16.1 Å². The molecule has 0 amide bonds. The van der Waals surface area contributed by atoms with Crippen molar-refractivity contribution in [3.05, 3.63) is 33.4 Å². The van der Waals surface area contributed by atoms with Crippen LogP contribution in [0.1, 0.15) is 13.8 Å². The van der Waals surface area contributed by atoms with Crippen LogP contribution in [0.25, 0.3) is 0 Å². The number of hydrogen-bond acceptors (Lipinski definition) is 3. The lowest BCUT2D eigenvalue weighted by atomic mass is 9.95. The molecule has 0 radical (unpaired) electrons. The maximum absolute atomic E-state index is 11.0. The fourth-order valence-corrected chi connectivity index (χ4v) is 1.09. The second-order valence-electron chi connectivity index (χ2n) is 2.76. The van der Waals surface area contributed by atoms with E-state index in [9.17, 15) is 14.9 Å². The van der Waals surface area contributed by atoms with Crippen molar-refractivity contribution >= 4 is 5.78 Å². The van der Waals surface area contributed by atoms with Crippen molar-refractivity contribution in [2.75, 3.05) is 0 Å². The standard InChI is InChI=1S/C8H9NO3/c1-5-6(2)8(10)4-3-7(5)9(11)12/h3-4,7H,1-2H3. The number of hydrogen-bond donors (Lipinski definition) is 0. The average Bonchev–Trinajstić information content (AvgIpc) is 2.00. The summed E-state index contributed by atoms with van der Waals surface area (Å²) in [5.74, 6) is -0.134. The van der Waals surface area contributed by atoms with Crippen molar-refractivity contribution in [3.8, 4) is 0 Å². The normalized spacial score (nSPS) is 23.2. The van der Waals surface area contributed by atoms with Crippen molar-refractivity contribution < 1.29 is 9.72 Å². The summed E-state index contributed by atoms with van der Waals surface area (Å²) in [6.45, 7) is 3.22. The maximum Gasteiger partial charge on any atom is 0.253 e. The van der Waals surface area contributed by atoms with Crippen molar-refractivity contribution in [1.82, 2.24) is 0 Å². The molecule has 0 bridgehead atoms. The largest absolute Gasteiger partial charge is 0.290 e. The van der Waals surface area contributed by atoms with Crippen molar-refractivity contribution in [3.63, 3.8) is 0 Å². The van der Waals surface area contributed by atoms with Crippen molar-refractivity contribution in [2.45, 2.75) is 19.9 Å². The maximum atomic E-state index is 11.0. The smallest absolute Gasteiger partial charge is 0.253 e. The first kappa shape index (κ1) is 8.64. The first-order valence-electron chi connectivity index (χ1n) is 3.57. The molecule has 4 nitrogen and oxygen atoms in total. The van der Waals surface area contributed by atoms with E-state index in [4.69, 9.17) is 0 Å². The molecule has 0 aromatic heterocycles. The van der Waals surface area contributed by atoms with Gasteiger partial charge in [0.05, 0.1) is 0 Å². The molecule has 0 saturated heterocycles. The molecule has 1 unspecified atom stereocenters. The Morgan fingerprint density at radius 2 is 2.08 bits per heavy atom. The van der Waals surface area contributed by atoms with Crippen LogP contribution in [0, 0.1) is 10.1 Å². The highest BCUT2D eigenvalue weighted by Gasteiger charge is 2.26. The summed E-state index contributed by atoms with van der Waals surface area (Å²) < 4.78 is 0. The number of nitrogens with zero attached hydrogens (tertiary/aromatic N) is 1. The van der Waals surface area contributed by atoms with Crippen LogP contribution in [0.5, 0.6) is 0 Å². The highest BCUT2D eigenvalue weighted by molar-refractivity contribution is 6.05. The predicted octanol–water partition coefficient (Wildman–Crippen LogP) is 1.11. The van der Waals surface area contributed by atoms with Crippen molar-refractivity contribution in [1.29, 1.82) is 0 Å². The fourth-order valence-electron chi connectivity index (χ4n) is 1.09. The lowest BCUT2D eigenvalue weighted by Crippen LogP contribution is -2.23. The highest BCUT2D eigenvalue weighted by atomic mass is 16.6. The molecule has 0 aromatic carbocycles. The zero-order valence-electron chi connectivity index (χ0n) is 6.90. The van der Waals surface area contributed by atoms with Crippen LogP contribution in [0.2, 0.25) is 0 Å². The summed E-state index contributed by atoms with van der Waals surface area (Å²) in [5, 5.41) is 10.4. The number of allylic oxidation sites excluding steroid dienone is 2. The van der Waals surface area contributed by atoms with Crippen LogP contribution in [0.3, 0.4) is 0 Å². The van der Waals surface area contributed by atoms with Gasteiger partial charge in [-0.15, -0.1) is 0 Å². The van der Waals surface area contributed by atoms with E-state index in [-0.39, 0.29) is 5.78 Å². The van der Waals surface area contributed by atoms with Gasteiger partial charge in [0.25, 0.3) is 6.04 Å². The zero-order chi connectivity index (χ0) is 9.30. The van der Waals surface area contributed by atoms with Gasteiger partial charge >= 0.3 is 0 Å². The molecular weight excluding hydrogens is 158 g/mol. The lowest BCUT2D eigenvalue weighted by molar-refractivity contribution is -0.499. The molecule has 1 rings (SSSR count). The molecular formula is C8H9NO3. The highest BCUT2D eigenvalue weighted by Crippen LogP contribution is 2.18. The van der Waals surface area contributed by atoms with Crippen LogP contribution in [0.4, 0.5) is 0 Å². The molecule has 0 heterocycles. The monoisotopic (exact) mass is 167 g/mol. The molecule has 0 fully saturated rings. The number of ketones is 1. The number of carbonyl (C=O) groups is 1. The zero-order valence-corrected chi connectivity index (χ0v) is 6.90. The van der Waals surface area contributed by atoms with Gasteiger partial charge < -0.3 is 0 Å². The third kappa shape index (κ3) is 1.28. The van der Waals surface area contributed by atoms with Crippen LogP contribution in [-0.2, 0) is 4.79 Å².